The molecule has 0 aromatic heterocycles. The SMILES string of the molecule is Cc1ccc(OC[C@H](O)CNCc2ccccc2)cc1C. The molecule has 2 rings (SSSR count). The maximum atomic E-state index is 9.92. The lowest BCUT2D eigenvalue weighted by Gasteiger charge is -2.14. The predicted molar refractivity (Wildman–Crippen MR) is 85.6 cm³/mol. The van der Waals surface area contributed by atoms with Crippen molar-refractivity contribution in [1.29, 1.82) is 0 Å². The third-order valence-corrected chi connectivity index (χ3v) is 3.47. The first-order chi connectivity index (χ1) is 10.1. The van der Waals surface area contributed by atoms with Crippen LogP contribution in [0.25, 0.3) is 0 Å². The molecule has 0 fully saturated rings. The minimum atomic E-state index is -0.518. The zero-order valence-corrected chi connectivity index (χ0v) is 12.7. The van der Waals surface area contributed by atoms with Crippen LogP contribution in [0.4, 0.5) is 0 Å². The Bertz CT molecular complexity index is 554. The maximum Gasteiger partial charge on any atom is 0.119 e. The fourth-order valence-electron chi connectivity index (χ4n) is 2.03. The van der Waals surface area contributed by atoms with Crippen molar-refractivity contribution in [2.45, 2.75) is 26.5 Å². The third-order valence-electron chi connectivity index (χ3n) is 3.47. The molecule has 0 saturated carbocycles. The average Bonchev–Trinajstić information content (AvgIpc) is 2.49. The molecule has 0 amide bonds. The van der Waals surface area contributed by atoms with E-state index < -0.39 is 6.10 Å². The molecule has 0 spiro atoms. The summed E-state index contributed by atoms with van der Waals surface area (Å²) in [5.41, 5.74) is 3.65. The van der Waals surface area contributed by atoms with Gasteiger partial charge in [-0.3, -0.25) is 0 Å². The van der Waals surface area contributed by atoms with Crippen LogP contribution >= 0.6 is 0 Å². The number of nitrogens with one attached hydrogen (secondary N) is 1. The number of aryl methyl sites for hydroxylation is 2. The highest BCUT2D eigenvalue weighted by atomic mass is 16.5. The van der Waals surface area contributed by atoms with Gasteiger partial charge < -0.3 is 15.2 Å². The van der Waals surface area contributed by atoms with Gasteiger partial charge in [0.15, 0.2) is 0 Å². The minimum Gasteiger partial charge on any atom is -0.491 e. The smallest absolute Gasteiger partial charge is 0.119 e. The Labute approximate surface area is 126 Å². The number of ether oxygens (including phenoxy) is 1. The highest BCUT2D eigenvalue weighted by Crippen LogP contribution is 2.16. The van der Waals surface area contributed by atoms with E-state index in [1.54, 1.807) is 0 Å². The van der Waals surface area contributed by atoms with Crippen LogP contribution in [-0.2, 0) is 6.54 Å². The summed E-state index contributed by atoms with van der Waals surface area (Å²) in [6.07, 6.45) is -0.518. The van der Waals surface area contributed by atoms with Crippen LogP contribution in [0.2, 0.25) is 0 Å². The molecule has 2 aromatic rings. The summed E-state index contributed by atoms with van der Waals surface area (Å²) >= 11 is 0. The summed E-state index contributed by atoms with van der Waals surface area (Å²) < 4.78 is 5.62. The number of hydrogen-bond acceptors (Lipinski definition) is 3. The van der Waals surface area contributed by atoms with Crippen molar-refractivity contribution in [2.75, 3.05) is 13.2 Å². The molecule has 1 atom stereocenters. The highest BCUT2D eigenvalue weighted by molar-refractivity contribution is 5.33. The van der Waals surface area contributed by atoms with Gasteiger partial charge in [-0.25, -0.2) is 0 Å². The van der Waals surface area contributed by atoms with E-state index in [2.05, 4.69) is 31.3 Å². The monoisotopic (exact) mass is 285 g/mol. The quantitative estimate of drug-likeness (QED) is 0.822. The second-order valence-electron chi connectivity index (χ2n) is 5.33. The standard InChI is InChI=1S/C18H23NO2/c1-14-8-9-18(10-15(14)2)21-13-17(20)12-19-11-16-6-4-3-5-7-16/h3-10,17,19-20H,11-13H2,1-2H3/t17-/m1/s1. The van der Waals surface area contributed by atoms with Crippen LogP contribution in [-0.4, -0.2) is 24.4 Å². The molecule has 3 nitrogen and oxygen atoms in total. The highest BCUT2D eigenvalue weighted by Gasteiger charge is 2.05. The normalized spacial score (nSPS) is 12.1. The lowest BCUT2D eigenvalue weighted by atomic mass is 10.1. The first-order valence-electron chi connectivity index (χ1n) is 7.28. The lowest BCUT2D eigenvalue weighted by Crippen LogP contribution is -2.31. The van der Waals surface area contributed by atoms with E-state index in [0.717, 1.165) is 12.3 Å². The molecule has 0 aliphatic heterocycles. The molecular weight excluding hydrogens is 262 g/mol. The van der Waals surface area contributed by atoms with Gasteiger partial charge in [-0.15, -0.1) is 0 Å². The lowest BCUT2D eigenvalue weighted by molar-refractivity contribution is 0.106. The van der Waals surface area contributed by atoms with Crippen LogP contribution in [0.5, 0.6) is 5.75 Å². The second-order valence-corrected chi connectivity index (χ2v) is 5.33. The van der Waals surface area contributed by atoms with E-state index in [0.29, 0.717) is 13.2 Å². The summed E-state index contributed by atoms with van der Waals surface area (Å²) in [5.74, 6) is 0.806. The molecule has 2 N–H and O–H groups in total. The summed E-state index contributed by atoms with van der Waals surface area (Å²) in [4.78, 5) is 0. The number of rotatable bonds is 7. The summed E-state index contributed by atoms with van der Waals surface area (Å²) in [7, 11) is 0. The Hall–Kier alpha value is -1.84. The van der Waals surface area contributed by atoms with E-state index in [1.165, 1.54) is 16.7 Å². The largest absolute Gasteiger partial charge is 0.491 e. The number of aliphatic hydroxyl groups excluding tert-OH is 1. The molecule has 0 aliphatic rings. The number of aliphatic hydroxyl groups is 1. The van der Waals surface area contributed by atoms with Crippen LogP contribution in [0.1, 0.15) is 16.7 Å². The van der Waals surface area contributed by atoms with Gasteiger partial charge in [0.25, 0.3) is 0 Å². The molecule has 0 saturated heterocycles. The Morgan fingerprint density at radius 3 is 2.52 bits per heavy atom. The van der Waals surface area contributed by atoms with Gasteiger partial charge in [0.1, 0.15) is 18.5 Å². The fourth-order valence-corrected chi connectivity index (χ4v) is 2.03. The van der Waals surface area contributed by atoms with E-state index in [4.69, 9.17) is 4.74 Å². The topological polar surface area (TPSA) is 41.5 Å². The van der Waals surface area contributed by atoms with Gasteiger partial charge in [0.2, 0.25) is 0 Å². The van der Waals surface area contributed by atoms with E-state index in [9.17, 15) is 5.11 Å². The maximum absolute atomic E-state index is 9.92. The third kappa shape index (κ3) is 5.21. The second kappa shape index (κ2) is 7.81. The average molecular weight is 285 g/mol. The molecule has 0 aliphatic carbocycles. The molecular formula is C18H23NO2. The Balaban J connectivity index is 1.69. The van der Waals surface area contributed by atoms with Crippen LogP contribution < -0.4 is 10.1 Å². The van der Waals surface area contributed by atoms with Gasteiger partial charge in [-0.1, -0.05) is 36.4 Å². The number of hydrogen-bond donors (Lipinski definition) is 2. The van der Waals surface area contributed by atoms with Crippen molar-refractivity contribution in [3.05, 3.63) is 65.2 Å². The molecule has 3 heteroatoms. The Morgan fingerprint density at radius 2 is 1.81 bits per heavy atom. The Morgan fingerprint density at radius 1 is 1.05 bits per heavy atom. The van der Waals surface area contributed by atoms with Crippen molar-refractivity contribution < 1.29 is 9.84 Å². The van der Waals surface area contributed by atoms with Crippen molar-refractivity contribution in [3.63, 3.8) is 0 Å². The first kappa shape index (κ1) is 15.5. The fraction of sp³-hybridized carbons (Fsp3) is 0.333. The zero-order valence-electron chi connectivity index (χ0n) is 12.7. The molecule has 0 unspecified atom stereocenters. The molecule has 0 heterocycles. The van der Waals surface area contributed by atoms with Crippen molar-refractivity contribution in [1.82, 2.24) is 5.32 Å². The molecule has 21 heavy (non-hydrogen) atoms. The first-order valence-corrected chi connectivity index (χ1v) is 7.28. The van der Waals surface area contributed by atoms with Gasteiger partial charge in [0.05, 0.1) is 0 Å². The molecule has 0 radical (unpaired) electrons. The van der Waals surface area contributed by atoms with Gasteiger partial charge in [0, 0.05) is 13.1 Å². The van der Waals surface area contributed by atoms with Crippen molar-refractivity contribution >= 4 is 0 Å². The van der Waals surface area contributed by atoms with Crippen molar-refractivity contribution in [2.24, 2.45) is 0 Å². The van der Waals surface area contributed by atoms with Crippen LogP contribution in [0, 0.1) is 13.8 Å². The van der Waals surface area contributed by atoms with Crippen LogP contribution in [0.3, 0.4) is 0 Å². The van der Waals surface area contributed by atoms with Gasteiger partial charge in [-0.05, 0) is 42.7 Å². The molecule has 0 bridgehead atoms. The number of benzene rings is 2. The predicted octanol–water partition coefficient (Wildman–Crippen LogP) is 2.83. The minimum absolute atomic E-state index is 0.296. The zero-order chi connectivity index (χ0) is 15.1. The Kier molecular flexibility index (Phi) is 5.78. The van der Waals surface area contributed by atoms with Gasteiger partial charge in [-0.2, -0.15) is 0 Å². The summed E-state index contributed by atoms with van der Waals surface area (Å²) in [5, 5.41) is 13.2. The molecule has 2 aromatic carbocycles. The van der Waals surface area contributed by atoms with E-state index in [-0.39, 0.29) is 0 Å². The van der Waals surface area contributed by atoms with Gasteiger partial charge >= 0.3 is 0 Å². The summed E-state index contributed by atoms with van der Waals surface area (Å²) in [6.45, 7) is 5.69. The van der Waals surface area contributed by atoms with E-state index in [1.807, 2.05) is 36.4 Å². The van der Waals surface area contributed by atoms with Crippen molar-refractivity contribution in [3.8, 4) is 5.75 Å². The van der Waals surface area contributed by atoms with E-state index >= 15 is 0 Å². The van der Waals surface area contributed by atoms with Crippen LogP contribution in [0.15, 0.2) is 48.5 Å². The summed E-state index contributed by atoms with van der Waals surface area (Å²) in [6, 6.07) is 16.1. The molecule has 112 valence electrons.